The number of nitrogens with zero attached hydrogens (tertiary/aromatic N) is 3. The van der Waals surface area contributed by atoms with Gasteiger partial charge in [-0.2, -0.15) is 0 Å². The van der Waals surface area contributed by atoms with Crippen LogP contribution in [0.2, 0.25) is 0 Å². The lowest BCUT2D eigenvalue weighted by molar-refractivity contribution is 0.0963. The molecule has 2 saturated heterocycles. The van der Waals surface area contributed by atoms with Crippen molar-refractivity contribution < 1.29 is 23.8 Å². The molecule has 0 aromatic heterocycles. The Morgan fingerprint density at radius 2 is 1.86 bits per heavy atom. The molecule has 8 heteroatoms. The molecule has 2 aromatic rings. The van der Waals surface area contributed by atoms with E-state index < -0.39 is 18.0 Å². The first-order chi connectivity index (χ1) is 13.6. The molecular formula is C20H20FN3O4. The Bertz CT molecular complexity index is 892. The number of aliphatic hydroxyl groups is 1. The average molecular weight is 385 g/mol. The third-order valence-electron chi connectivity index (χ3n) is 4.92. The number of hydrogen-bond donors (Lipinski definition) is 1. The highest BCUT2D eigenvalue weighted by molar-refractivity contribution is 5.95. The van der Waals surface area contributed by atoms with E-state index in [0.717, 1.165) is 5.56 Å². The highest BCUT2D eigenvalue weighted by atomic mass is 19.1. The predicted molar refractivity (Wildman–Crippen MR) is 101 cm³/mol. The van der Waals surface area contributed by atoms with Crippen molar-refractivity contribution in [3.8, 4) is 0 Å². The minimum Gasteiger partial charge on any atom is -0.441 e. The summed E-state index contributed by atoms with van der Waals surface area (Å²) in [6.07, 6.45) is -1.25. The van der Waals surface area contributed by atoms with E-state index in [1.165, 1.54) is 21.9 Å². The van der Waals surface area contributed by atoms with E-state index in [0.29, 0.717) is 25.3 Å². The molecule has 28 heavy (non-hydrogen) atoms. The summed E-state index contributed by atoms with van der Waals surface area (Å²) in [5.74, 6) is -0.590. The normalized spacial score (nSPS) is 19.5. The number of anilines is 2. The third-order valence-corrected chi connectivity index (χ3v) is 4.92. The number of amides is 3. The van der Waals surface area contributed by atoms with Crippen molar-refractivity contribution in [2.45, 2.75) is 12.6 Å². The number of aliphatic hydroxyl groups excluding tert-OH is 1. The van der Waals surface area contributed by atoms with Crippen molar-refractivity contribution in [3.05, 3.63) is 59.9 Å². The molecular weight excluding hydrogens is 365 g/mol. The number of benzene rings is 2. The van der Waals surface area contributed by atoms with Crippen LogP contribution in [0.5, 0.6) is 0 Å². The van der Waals surface area contributed by atoms with Crippen LogP contribution in [-0.4, -0.2) is 54.5 Å². The molecule has 2 aliphatic rings. The van der Waals surface area contributed by atoms with Gasteiger partial charge in [0.15, 0.2) is 0 Å². The molecule has 0 radical (unpaired) electrons. The summed E-state index contributed by atoms with van der Waals surface area (Å²) in [5, 5.41) is 9.12. The number of carbonyl (C=O) groups is 2. The highest BCUT2D eigenvalue weighted by Crippen LogP contribution is 2.30. The second-order valence-electron chi connectivity index (χ2n) is 6.78. The maximum Gasteiger partial charge on any atom is 0.414 e. The molecule has 2 fully saturated rings. The second-order valence-corrected chi connectivity index (χ2v) is 6.78. The molecule has 3 amide bonds. The molecule has 0 spiro atoms. The molecule has 0 bridgehead atoms. The Morgan fingerprint density at radius 3 is 2.54 bits per heavy atom. The largest absolute Gasteiger partial charge is 0.441 e. The summed E-state index contributed by atoms with van der Waals surface area (Å²) in [5.41, 5.74) is 1.52. The van der Waals surface area contributed by atoms with Gasteiger partial charge in [-0.05, 0) is 23.8 Å². The summed E-state index contributed by atoms with van der Waals surface area (Å²) >= 11 is 0. The smallest absolute Gasteiger partial charge is 0.414 e. The Kier molecular flexibility index (Phi) is 4.87. The van der Waals surface area contributed by atoms with E-state index in [2.05, 4.69) is 0 Å². The predicted octanol–water partition coefficient (Wildman–Crippen LogP) is 2.59. The molecule has 0 saturated carbocycles. The summed E-state index contributed by atoms with van der Waals surface area (Å²) < 4.78 is 19.7. The molecule has 2 aliphatic heterocycles. The van der Waals surface area contributed by atoms with Crippen LogP contribution in [0.1, 0.15) is 5.56 Å². The van der Waals surface area contributed by atoms with E-state index in [9.17, 15) is 14.0 Å². The quantitative estimate of drug-likeness (QED) is 0.859. The second kappa shape index (κ2) is 7.47. The fourth-order valence-electron chi connectivity index (χ4n) is 3.47. The molecule has 146 valence electrons. The van der Waals surface area contributed by atoms with Gasteiger partial charge in [0.05, 0.1) is 24.5 Å². The first-order valence-corrected chi connectivity index (χ1v) is 9.05. The van der Waals surface area contributed by atoms with Gasteiger partial charge < -0.3 is 14.7 Å². The van der Waals surface area contributed by atoms with Crippen LogP contribution in [0.25, 0.3) is 0 Å². The van der Waals surface area contributed by atoms with E-state index in [-0.39, 0.29) is 24.9 Å². The number of rotatable bonds is 5. The van der Waals surface area contributed by atoms with Crippen molar-refractivity contribution in [2.24, 2.45) is 0 Å². The van der Waals surface area contributed by atoms with Crippen LogP contribution >= 0.6 is 0 Å². The van der Waals surface area contributed by atoms with Crippen molar-refractivity contribution >= 4 is 23.5 Å². The lowest BCUT2D eigenvalue weighted by Crippen LogP contribution is -2.32. The molecule has 2 aromatic carbocycles. The fraction of sp³-hybridized carbons (Fsp3) is 0.300. The van der Waals surface area contributed by atoms with Gasteiger partial charge in [0.2, 0.25) is 0 Å². The van der Waals surface area contributed by atoms with Gasteiger partial charge >= 0.3 is 12.1 Å². The van der Waals surface area contributed by atoms with Gasteiger partial charge in [0.25, 0.3) is 0 Å². The fourth-order valence-corrected chi connectivity index (χ4v) is 3.47. The maximum absolute atomic E-state index is 14.7. The third kappa shape index (κ3) is 3.38. The minimum atomic E-state index is -0.627. The number of cyclic esters (lactones) is 1. The van der Waals surface area contributed by atoms with Gasteiger partial charge in [-0.3, -0.25) is 9.80 Å². The number of carbonyl (C=O) groups excluding carboxylic acids is 2. The van der Waals surface area contributed by atoms with Crippen molar-refractivity contribution in [3.63, 3.8) is 0 Å². The lowest BCUT2D eigenvalue weighted by Gasteiger charge is -2.20. The van der Waals surface area contributed by atoms with Crippen LogP contribution in [0.4, 0.5) is 25.4 Å². The Labute approximate surface area is 161 Å². The van der Waals surface area contributed by atoms with E-state index in [1.54, 1.807) is 11.0 Å². The molecule has 1 N–H and O–H groups in total. The summed E-state index contributed by atoms with van der Waals surface area (Å²) in [4.78, 5) is 28.9. The molecule has 4 rings (SSSR count). The van der Waals surface area contributed by atoms with Gasteiger partial charge in [-0.15, -0.1) is 0 Å². The van der Waals surface area contributed by atoms with Crippen LogP contribution < -0.4 is 9.80 Å². The Hall–Kier alpha value is -3.13. The van der Waals surface area contributed by atoms with E-state index in [1.807, 2.05) is 30.3 Å². The van der Waals surface area contributed by atoms with E-state index >= 15 is 0 Å². The van der Waals surface area contributed by atoms with Crippen LogP contribution in [-0.2, 0) is 11.3 Å². The number of hydrogen-bond acceptors (Lipinski definition) is 4. The van der Waals surface area contributed by atoms with Gasteiger partial charge in [0, 0.05) is 19.6 Å². The van der Waals surface area contributed by atoms with Crippen LogP contribution in [0, 0.1) is 5.82 Å². The Morgan fingerprint density at radius 1 is 1.07 bits per heavy atom. The molecule has 2 heterocycles. The minimum absolute atomic E-state index is 0.154. The summed E-state index contributed by atoms with van der Waals surface area (Å²) in [6, 6.07) is 13.7. The van der Waals surface area contributed by atoms with Gasteiger partial charge in [-0.25, -0.2) is 14.0 Å². The van der Waals surface area contributed by atoms with Gasteiger partial charge in [0.1, 0.15) is 11.9 Å². The first kappa shape index (κ1) is 18.2. The SMILES string of the molecule is O=C1O[C@@H](CO)CN1c1ccc(N2CCN(Cc3ccccc3)C2=O)c(F)c1. The van der Waals surface area contributed by atoms with Crippen molar-refractivity contribution in [1.29, 1.82) is 0 Å². The zero-order chi connectivity index (χ0) is 19.7. The lowest BCUT2D eigenvalue weighted by atomic mass is 10.2. The molecule has 0 aliphatic carbocycles. The van der Waals surface area contributed by atoms with E-state index in [4.69, 9.17) is 9.84 Å². The maximum atomic E-state index is 14.7. The van der Waals surface area contributed by atoms with Gasteiger partial charge in [-0.1, -0.05) is 30.3 Å². The number of ether oxygens (including phenoxy) is 1. The molecule has 1 atom stereocenters. The monoisotopic (exact) mass is 385 g/mol. The zero-order valence-electron chi connectivity index (χ0n) is 15.1. The number of urea groups is 1. The average Bonchev–Trinajstić information content (AvgIpc) is 3.25. The first-order valence-electron chi connectivity index (χ1n) is 9.05. The van der Waals surface area contributed by atoms with Crippen molar-refractivity contribution in [2.75, 3.05) is 36.0 Å². The number of halogens is 1. The van der Waals surface area contributed by atoms with Crippen molar-refractivity contribution in [1.82, 2.24) is 4.90 Å². The zero-order valence-corrected chi connectivity index (χ0v) is 15.1. The van der Waals surface area contributed by atoms with Crippen LogP contribution in [0.3, 0.4) is 0 Å². The Balaban J connectivity index is 1.49. The topological polar surface area (TPSA) is 73.3 Å². The summed E-state index contributed by atoms with van der Waals surface area (Å²) in [7, 11) is 0. The summed E-state index contributed by atoms with van der Waals surface area (Å²) in [6.45, 7) is 1.23. The van der Waals surface area contributed by atoms with Crippen LogP contribution in [0.15, 0.2) is 48.5 Å². The molecule has 0 unspecified atom stereocenters. The highest BCUT2D eigenvalue weighted by Gasteiger charge is 2.34. The standard InChI is InChI=1S/C20H20FN3O4/c21-17-10-15(24-12-16(13-25)28-20(24)27)6-7-18(17)23-9-8-22(19(23)26)11-14-4-2-1-3-5-14/h1-7,10,16,25H,8-9,11-13H2/t16-/m1/s1. The molecule has 7 nitrogen and oxygen atoms in total.